The van der Waals surface area contributed by atoms with E-state index in [4.69, 9.17) is 4.74 Å². The lowest BCUT2D eigenvalue weighted by atomic mass is 9.97. The number of hydrogen-bond acceptors (Lipinski definition) is 7. The molecule has 1 aromatic heterocycles. The van der Waals surface area contributed by atoms with Crippen LogP contribution in [0.25, 0.3) is 10.9 Å². The maximum absolute atomic E-state index is 14.8. The molecule has 3 atom stereocenters. The molecular formula is C27H35BrF5N5O4. The van der Waals surface area contributed by atoms with Gasteiger partial charge >= 0.3 is 18.1 Å². The number of hydrogen-bond donors (Lipinski definition) is 1. The molecule has 5 rings (SSSR count). The third kappa shape index (κ3) is 7.26. The number of aromatic amines is 1. The van der Waals surface area contributed by atoms with Crippen molar-refractivity contribution in [3.05, 3.63) is 26.8 Å². The van der Waals surface area contributed by atoms with Crippen LogP contribution in [0, 0.1) is 5.82 Å². The molecule has 1 N–H and O–H groups in total. The average Bonchev–Trinajstić information content (AvgIpc) is 3.33. The van der Waals surface area contributed by atoms with E-state index in [1.807, 2.05) is 0 Å². The van der Waals surface area contributed by atoms with Gasteiger partial charge in [0.25, 0.3) is 0 Å². The van der Waals surface area contributed by atoms with Gasteiger partial charge in [-0.05, 0) is 82.4 Å². The predicted octanol–water partition coefficient (Wildman–Crippen LogP) is 5.75. The second-order valence-electron chi connectivity index (χ2n) is 12.2. The lowest BCUT2D eigenvalue weighted by Crippen LogP contribution is -2.55. The zero-order valence-corrected chi connectivity index (χ0v) is 25.7. The molecule has 1 aromatic carbocycles. The highest BCUT2D eigenvalue weighted by Crippen LogP contribution is 2.40. The Hall–Kier alpha value is -2.68. The summed E-state index contributed by atoms with van der Waals surface area (Å²) < 4.78 is 74.6. The molecule has 4 heterocycles. The Labute approximate surface area is 248 Å². The summed E-state index contributed by atoms with van der Waals surface area (Å²) in [6.07, 6.45) is -2.87. The summed E-state index contributed by atoms with van der Waals surface area (Å²) in [5.74, 6) is -1.95. The van der Waals surface area contributed by atoms with Crippen LogP contribution < -0.4 is 15.3 Å². The van der Waals surface area contributed by atoms with Crippen molar-refractivity contribution < 1.29 is 36.2 Å². The van der Waals surface area contributed by atoms with Gasteiger partial charge in [0, 0.05) is 43.1 Å². The monoisotopic (exact) mass is 667 g/mol. The second-order valence-corrected chi connectivity index (χ2v) is 12.9. The quantitative estimate of drug-likeness (QED) is 0.408. The van der Waals surface area contributed by atoms with Gasteiger partial charge in [-0.3, -0.25) is 4.90 Å². The number of nitrogens with one attached hydrogen (secondary N) is 1. The number of rotatable bonds is 2. The molecule has 9 nitrogen and oxygen atoms in total. The number of carbonyl (C=O) groups excluding carboxylic acids is 1. The van der Waals surface area contributed by atoms with Crippen molar-refractivity contribution in [1.29, 1.82) is 0 Å². The van der Waals surface area contributed by atoms with Crippen molar-refractivity contribution in [2.75, 3.05) is 37.6 Å². The number of anilines is 1. The fraction of sp³-hybridized carbons (Fsp3) is 0.667. The van der Waals surface area contributed by atoms with Crippen molar-refractivity contribution in [1.82, 2.24) is 19.8 Å². The molecule has 234 valence electrons. The smallest absolute Gasteiger partial charge is 0.444 e. The summed E-state index contributed by atoms with van der Waals surface area (Å²) in [5, 5.41) is -0.0672. The Bertz CT molecular complexity index is 1380. The number of aromatic nitrogens is 2. The van der Waals surface area contributed by atoms with Gasteiger partial charge in [0.05, 0.1) is 9.99 Å². The van der Waals surface area contributed by atoms with Gasteiger partial charge in [0.2, 0.25) is 0 Å². The van der Waals surface area contributed by atoms with Crippen molar-refractivity contribution in [3.63, 3.8) is 0 Å². The van der Waals surface area contributed by atoms with E-state index in [2.05, 4.69) is 42.5 Å². The van der Waals surface area contributed by atoms with Crippen molar-refractivity contribution in [2.45, 2.75) is 83.6 Å². The van der Waals surface area contributed by atoms with Gasteiger partial charge in [0.15, 0.2) is 5.82 Å². The Morgan fingerprint density at radius 3 is 2.48 bits per heavy atom. The molecule has 1 amide bonds. The fourth-order valence-electron chi connectivity index (χ4n) is 5.78. The second kappa shape index (κ2) is 11.8. The van der Waals surface area contributed by atoms with E-state index in [0.29, 0.717) is 6.54 Å². The maximum Gasteiger partial charge on any atom is 0.573 e. The number of ether oxygens (including phenoxy) is 2. The van der Waals surface area contributed by atoms with Crippen molar-refractivity contribution in [3.8, 4) is 5.75 Å². The minimum absolute atomic E-state index is 0.0159. The summed E-state index contributed by atoms with van der Waals surface area (Å²) in [6, 6.07) is 0.583. The topological polar surface area (TPSA) is 91.0 Å². The zero-order valence-electron chi connectivity index (χ0n) is 24.1. The number of halogens is 6. The SMILES string of the molecule is CC1CN(c2nc(=O)[nH]c3c(F)c(Br)c(OC(F)(F)F)cc23)CCN1C(=O)OC(C)(C)C.C[C@@]12CCCN1CC(F)C2. The number of nitrogens with zero attached hydrogens (tertiary/aromatic N) is 4. The molecular weight excluding hydrogens is 633 g/mol. The summed E-state index contributed by atoms with van der Waals surface area (Å²) in [6.45, 7) is 11.6. The summed E-state index contributed by atoms with van der Waals surface area (Å²) in [5.41, 5.74) is -1.63. The molecule has 0 radical (unpaired) electrons. The van der Waals surface area contributed by atoms with Crippen LogP contribution in [0.4, 0.5) is 32.6 Å². The number of alkyl halides is 4. The Morgan fingerprint density at radius 1 is 1.19 bits per heavy atom. The number of piperazine rings is 1. The molecule has 3 fully saturated rings. The number of carbonyl (C=O) groups is 1. The molecule has 2 unspecified atom stereocenters. The van der Waals surface area contributed by atoms with Crippen LogP contribution in [0.2, 0.25) is 0 Å². The van der Waals surface area contributed by atoms with Gasteiger partial charge in [-0.15, -0.1) is 13.2 Å². The van der Waals surface area contributed by atoms with Crippen LogP contribution in [0.1, 0.15) is 53.9 Å². The first kappa shape index (κ1) is 32.2. The van der Waals surface area contributed by atoms with Crippen LogP contribution in [0.15, 0.2) is 15.3 Å². The first-order valence-electron chi connectivity index (χ1n) is 13.7. The van der Waals surface area contributed by atoms with Gasteiger partial charge in [-0.1, -0.05) is 0 Å². The maximum atomic E-state index is 14.8. The van der Waals surface area contributed by atoms with Crippen LogP contribution in [-0.4, -0.2) is 88.3 Å². The molecule has 0 bridgehead atoms. The highest BCUT2D eigenvalue weighted by Gasteiger charge is 2.44. The van der Waals surface area contributed by atoms with E-state index in [9.17, 15) is 31.5 Å². The third-order valence-electron chi connectivity index (χ3n) is 7.62. The molecule has 3 aliphatic heterocycles. The van der Waals surface area contributed by atoms with E-state index < -0.39 is 46.0 Å². The predicted molar refractivity (Wildman–Crippen MR) is 150 cm³/mol. The molecule has 2 aromatic rings. The first-order valence-corrected chi connectivity index (χ1v) is 14.5. The molecule has 42 heavy (non-hydrogen) atoms. The molecule has 15 heteroatoms. The molecule has 0 spiro atoms. The lowest BCUT2D eigenvalue weighted by molar-refractivity contribution is -0.274. The van der Waals surface area contributed by atoms with Gasteiger partial charge < -0.3 is 24.3 Å². The van der Waals surface area contributed by atoms with E-state index in [-0.39, 0.29) is 47.9 Å². The van der Waals surface area contributed by atoms with Crippen LogP contribution >= 0.6 is 15.9 Å². The summed E-state index contributed by atoms with van der Waals surface area (Å²) in [4.78, 5) is 36.0. The molecule has 3 aliphatic rings. The number of H-pyrrole nitrogens is 1. The van der Waals surface area contributed by atoms with Crippen molar-refractivity contribution >= 4 is 38.7 Å². The minimum atomic E-state index is -5.05. The Balaban J connectivity index is 0.000000337. The molecule has 0 saturated carbocycles. The highest BCUT2D eigenvalue weighted by molar-refractivity contribution is 9.10. The lowest BCUT2D eigenvalue weighted by Gasteiger charge is -2.40. The van der Waals surface area contributed by atoms with Crippen LogP contribution in [0.5, 0.6) is 5.75 Å². The van der Waals surface area contributed by atoms with E-state index in [1.54, 1.807) is 32.6 Å². The van der Waals surface area contributed by atoms with Gasteiger partial charge in [-0.2, -0.15) is 4.98 Å². The van der Waals surface area contributed by atoms with Gasteiger partial charge in [0.1, 0.15) is 23.3 Å². The standard InChI is InChI=1S/C19H21BrF4N4O4.C8H14FN/c1-9-8-27(5-6-28(9)17(30)32-18(2,3)4)15-10-7-11(31-19(22,23)24)12(20)13(21)14(10)25-16(29)26-15;1-8-3-2-4-10(8)6-7(9)5-8/h7,9H,5-6,8H2,1-4H3,(H,25,26,29);7H,2-6H2,1H3/t;7?,8-/m.0/s1. The normalized spacial score (nSPS) is 24.8. The minimum Gasteiger partial charge on any atom is -0.444 e. The number of fused-ring (bicyclic) bond motifs is 2. The average molecular weight is 669 g/mol. The van der Waals surface area contributed by atoms with Gasteiger partial charge in [-0.25, -0.2) is 18.4 Å². The van der Waals surface area contributed by atoms with Crippen LogP contribution in [-0.2, 0) is 4.74 Å². The van der Waals surface area contributed by atoms with Crippen molar-refractivity contribution in [2.24, 2.45) is 0 Å². The Kier molecular flexibility index (Phi) is 9.04. The highest BCUT2D eigenvalue weighted by atomic mass is 79.9. The zero-order chi connectivity index (χ0) is 31.2. The largest absolute Gasteiger partial charge is 0.573 e. The Morgan fingerprint density at radius 2 is 1.88 bits per heavy atom. The third-order valence-corrected chi connectivity index (χ3v) is 8.36. The van der Waals surface area contributed by atoms with E-state index in [0.717, 1.165) is 19.0 Å². The van der Waals surface area contributed by atoms with E-state index >= 15 is 0 Å². The summed E-state index contributed by atoms with van der Waals surface area (Å²) in [7, 11) is 0. The summed E-state index contributed by atoms with van der Waals surface area (Å²) >= 11 is 2.74. The molecule has 0 aliphatic carbocycles. The number of benzene rings is 1. The van der Waals surface area contributed by atoms with Crippen LogP contribution in [0.3, 0.4) is 0 Å². The fourth-order valence-corrected chi connectivity index (χ4v) is 6.17. The van der Waals surface area contributed by atoms with E-state index in [1.165, 1.54) is 17.7 Å². The molecule has 3 saturated heterocycles. The number of amides is 1. The first-order chi connectivity index (χ1) is 19.4.